The van der Waals surface area contributed by atoms with Gasteiger partial charge in [0.25, 0.3) is 0 Å². The number of nitrogens with zero attached hydrogens (tertiary/aromatic N) is 1. The van der Waals surface area contributed by atoms with Gasteiger partial charge in [0, 0.05) is 42.7 Å². The van der Waals surface area contributed by atoms with E-state index >= 15 is 0 Å². The summed E-state index contributed by atoms with van der Waals surface area (Å²) in [5.41, 5.74) is 13.2. The summed E-state index contributed by atoms with van der Waals surface area (Å²) in [5.74, 6) is 0.00478. The second-order valence-electron chi connectivity index (χ2n) is 9.26. The maximum atomic E-state index is 12.9. The second-order valence-corrected chi connectivity index (χ2v) is 9.26. The van der Waals surface area contributed by atoms with Crippen LogP contribution in [0.5, 0.6) is 0 Å². The van der Waals surface area contributed by atoms with Crippen molar-refractivity contribution in [1.29, 1.82) is 0 Å². The lowest BCUT2D eigenvalue weighted by Crippen LogP contribution is -2.50. The first-order valence-corrected chi connectivity index (χ1v) is 11.8. The number of nitrogen functional groups attached to an aromatic ring is 1. The Balaban J connectivity index is 1.47. The number of likely N-dealkylation sites (tertiary alicyclic amines) is 1. The molecule has 180 valence electrons. The smallest absolute Gasteiger partial charge is 0.242 e. The van der Waals surface area contributed by atoms with Crippen LogP contribution in [0.25, 0.3) is 0 Å². The van der Waals surface area contributed by atoms with E-state index in [0.29, 0.717) is 6.54 Å². The van der Waals surface area contributed by atoms with Crippen LogP contribution < -0.4 is 21.7 Å². The zero-order valence-corrected chi connectivity index (χ0v) is 20.5. The predicted molar refractivity (Wildman–Crippen MR) is 137 cm³/mol. The van der Waals surface area contributed by atoms with Crippen molar-refractivity contribution in [2.75, 3.05) is 36.0 Å². The molecule has 0 radical (unpaired) electrons. The fourth-order valence-electron chi connectivity index (χ4n) is 4.44. The van der Waals surface area contributed by atoms with Gasteiger partial charge in [-0.15, -0.1) is 0 Å². The number of anilines is 3. The molecule has 7 nitrogen and oxygen atoms in total. The van der Waals surface area contributed by atoms with Crippen LogP contribution in [-0.4, -0.2) is 53.9 Å². The van der Waals surface area contributed by atoms with E-state index in [-0.39, 0.29) is 18.0 Å². The van der Waals surface area contributed by atoms with E-state index in [1.807, 2.05) is 65.0 Å². The molecule has 0 saturated carbocycles. The number of nitrogens with one attached hydrogen (secondary N) is 3. The van der Waals surface area contributed by atoms with Gasteiger partial charge in [-0.1, -0.05) is 18.2 Å². The number of carbonyl (C=O) groups is 1. The Morgan fingerprint density at radius 3 is 2.18 bits per heavy atom. The fourth-order valence-corrected chi connectivity index (χ4v) is 4.44. The Bertz CT molecular complexity index is 926. The molecule has 7 heteroatoms. The number of aliphatic hydroxyl groups excluding tert-OH is 1. The first kappa shape index (κ1) is 24.9. The third-order valence-electron chi connectivity index (χ3n) is 6.91. The van der Waals surface area contributed by atoms with Gasteiger partial charge < -0.3 is 26.8 Å². The molecule has 0 aromatic heterocycles. The van der Waals surface area contributed by atoms with Crippen molar-refractivity contribution in [2.24, 2.45) is 0 Å². The van der Waals surface area contributed by atoms with Gasteiger partial charge in [-0.3, -0.25) is 9.69 Å². The van der Waals surface area contributed by atoms with E-state index in [0.717, 1.165) is 65.2 Å². The SMILES string of the molecule is Cc1c(C)c(NC(C)C(=O)NC2CCN(CC(O)Nc3ccccc3)CC2)c(C)c(C)c1N. The topological polar surface area (TPSA) is 103 Å². The molecule has 1 aliphatic heterocycles. The summed E-state index contributed by atoms with van der Waals surface area (Å²) >= 11 is 0. The van der Waals surface area contributed by atoms with Crippen molar-refractivity contribution in [3.05, 3.63) is 52.6 Å². The lowest BCUT2D eigenvalue weighted by atomic mass is 9.95. The summed E-state index contributed by atoms with van der Waals surface area (Å²) < 4.78 is 0. The highest BCUT2D eigenvalue weighted by Gasteiger charge is 2.25. The Hall–Kier alpha value is -2.77. The summed E-state index contributed by atoms with van der Waals surface area (Å²) in [4.78, 5) is 15.1. The number of rotatable bonds is 8. The molecule has 1 fully saturated rings. The highest BCUT2D eigenvalue weighted by atomic mass is 16.3. The molecule has 0 spiro atoms. The number of nitrogens with two attached hydrogens (primary N) is 1. The van der Waals surface area contributed by atoms with E-state index in [4.69, 9.17) is 5.73 Å². The van der Waals surface area contributed by atoms with E-state index in [1.165, 1.54) is 0 Å². The highest BCUT2D eigenvalue weighted by molar-refractivity contribution is 5.85. The van der Waals surface area contributed by atoms with Crippen LogP contribution in [0.3, 0.4) is 0 Å². The first-order chi connectivity index (χ1) is 15.7. The van der Waals surface area contributed by atoms with Gasteiger partial charge in [0.2, 0.25) is 5.91 Å². The zero-order chi connectivity index (χ0) is 24.1. The maximum Gasteiger partial charge on any atom is 0.242 e. The molecule has 1 amide bonds. The minimum Gasteiger partial charge on any atom is -0.398 e. The molecular weight excluding hydrogens is 414 g/mol. The van der Waals surface area contributed by atoms with Crippen LogP contribution >= 0.6 is 0 Å². The summed E-state index contributed by atoms with van der Waals surface area (Å²) in [6.45, 7) is 12.3. The van der Waals surface area contributed by atoms with Crippen molar-refractivity contribution in [2.45, 2.75) is 65.8 Å². The van der Waals surface area contributed by atoms with Crippen molar-refractivity contribution in [1.82, 2.24) is 10.2 Å². The number of β-amino-alcohol motifs (C(OH)–C–C–N with tert-alkyl or cyclic N) is 1. The Kier molecular flexibility index (Phi) is 8.21. The highest BCUT2D eigenvalue weighted by Crippen LogP contribution is 2.32. The minimum atomic E-state index is -0.624. The molecule has 1 saturated heterocycles. The van der Waals surface area contributed by atoms with Gasteiger partial charge >= 0.3 is 0 Å². The Morgan fingerprint density at radius 1 is 1.03 bits per heavy atom. The molecule has 6 N–H and O–H groups in total. The Morgan fingerprint density at radius 2 is 1.61 bits per heavy atom. The van der Waals surface area contributed by atoms with Gasteiger partial charge in [-0.25, -0.2) is 0 Å². The first-order valence-electron chi connectivity index (χ1n) is 11.8. The summed E-state index contributed by atoms with van der Waals surface area (Å²) in [5, 5.41) is 20.1. The van der Waals surface area contributed by atoms with Crippen LogP contribution in [0.2, 0.25) is 0 Å². The van der Waals surface area contributed by atoms with Crippen molar-refractivity contribution in [3.8, 4) is 0 Å². The number of aliphatic hydroxyl groups is 1. The standard InChI is InChI=1S/C26H39N5O2/c1-16-18(3)25(19(4)17(2)24(16)27)28-20(5)26(33)30-22-11-13-31(14-12-22)15-23(32)29-21-9-7-6-8-10-21/h6-10,20,22-23,28-29,32H,11-15,27H2,1-5H3,(H,30,33). The summed E-state index contributed by atoms with van der Waals surface area (Å²) in [6, 6.07) is 9.52. The molecular formula is C26H39N5O2. The van der Waals surface area contributed by atoms with Crippen molar-refractivity contribution < 1.29 is 9.90 Å². The number of carbonyl (C=O) groups excluding carboxylic acids is 1. The third kappa shape index (κ3) is 6.18. The van der Waals surface area contributed by atoms with E-state index in [1.54, 1.807) is 0 Å². The Labute approximate surface area is 197 Å². The number of para-hydroxylation sites is 1. The fraction of sp³-hybridized carbons (Fsp3) is 0.500. The number of amides is 1. The lowest BCUT2D eigenvalue weighted by Gasteiger charge is -2.34. The number of benzene rings is 2. The third-order valence-corrected chi connectivity index (χ3v) is 6.91. The molecule has 0 aliphatic carbocycles. The quantitative estimate of drug-likeness (QED) is 0.310. The molecule has 2 unspecified atom stereocenters. The van der Waals surface area contributed by atoms with Crippen LogP contribution in [0.15, 0.2) is 30.3 Å². The van der Waals surface area contributed by atoms with Gasteiger partial charge in [0.05, 0.1) is 0 Å². The van der Waals surface area contributed by atoms with Crippen molar-refractivity contribution >= 4 is 23.0 Å². The largest absolute Gasteiger partial charge is 0.398 e. The normalized spacial score (nSPS) is 16.8. The van der Waals surface area contributed by atoms with E-state index in [9.17, 15) is 9.90 Å². The van der Waals surface area contributed by atoms with Crippen LogP contribution in [0.4, 0.5) is 17.1 Å². The molecule has 2 atom stereocenters. The molecule has 3 rings (SSSR count). The van der Waals surface area contributed by atoms with Gasteiger partial charge in [-0.2, -0.15) is 0 Å². The maximum absolute atomic E-state index is 12.9. The molecule has 1 heterocycles. The van der Waals surface area contributed by atoms with E-state index in [2.05, 4.69) is 20.9 Å². The number of hydrogen-bond acceptors (Lipinski definition) is 6. The van der Waals surface area contributed by atoms with Crippen LogP contribution in [0, 0.1) is 27.7 Å². The lowest BCUT2D eigenvalue weighted by molar-refractivity contribution is -0.122. The summed E-state index contributed by atoms with van der Waals surface area (Å²) in [7, 11) is 0. The van der Waals surface area contributed by atoms with E-state index < -0.39 is 6.23 Å². The molecule has 2 aromatic rings. The summed E-state index contributed by atoms with van der Waals surface area (Å²) in [6.07, 6.45) is 1.12. The zero-order valence-electron chi connectivity index (χ0n) is 20.5. The minimum absolute atomic E-state index is 0.00478. The van der Waals surface area contributed by atoms with Gasteiger partial charge in [0.1, 0.15) is 12.3 Å². The van der Waals surface area contributed by atoms with Gasteiger partial charge in [0.15, 0.2) is 0 Å². The second kappa shape index (κ2) is 10.9. The molecule has 0 bridgehead atoms. The number of piperidine rings is 1. The molecule has 1 aliphatic rings. The molecule has 2 aromatic carbocycles. The monoisotopic (exact) mass is 453 g/mol. The van der Waals surface area contributed by atoms with Crippen LogP contribution in [-0.2, 0) is 4.79 Å². The van der Waals surface area contributed by atoms with Crippen LogP contribution in [0.1, 0.15) is 42.0 Å². The molecule has 33 heavy (non-hydrogen) atoms. The number of hydrogen-bond donors (Lipinski definition) is 5. The van der Waals surface area contributed by atoms with Gasteiger partial charge in [-0.05, 0) is 81.8 Å². The predicted octanol–water partition coefficient (Wildman–Crippen LogP) is 3.31. The average Bonchev–Trinajstić information content (AvgIpc) is 2.81. The average molecular weight is 454 g/mol. The van der Waals surface area contributed by atoms with Crippen molar-refractivity contribution in [3.63, 3.8) is 0 Å².